The van der Waals surface area contributed by atoms with Crippen LogP contribution in [0.1, 0.15) is 18.7 Å². The van der Waals surface area contributed by atoms with Gasteiger partial charge in [0, 0.05) is 6.04 Å². The van der Waals surface area contributed by atoms with E-state index >= 15 is 0 Å². The number of fused-ring (bicyclic) bond motifs is 1. The first-order chi connectivity index (χ1) is 5.29. The van der Waals surface area contributed by atoms with Crippen molar-refractivity contribution < 1.29 is 4.52 Å². The van der Waals surface area contributed by atoms with E-state index in [0.29, 0.717) is 0 Å². The van der Waals surface area contributed by atoms with Crippen LogP contribution in [-0.4, -0.2) is 5.16 Å². The number of hydrogen-bond acceptors (Lipinski definition) is 4. The molecular formula is C7H8N2OS. The summed E-state index contributed by atoms with van der Waals surface area (Å²) in [5, 5.41) is 5.84. The molecule has 0 aliphatic heterocycles. The van der Waals surface area contributed by atoms with Gasteiger partial charge in [-0.05, 0) is 18.4 Å². The Bertz CT molecular complexity index is 363. The van der Waals surface area contributed by atoms with Crippen LogP contribution in [0.5, 0.6) is 0 Å². The van der Waals surface area contributed by atoms with Crippen molar-refractivity contribution >= 4 is 21.6 Å². The molecule has 1 atom stereocenters. The van der Waals surface area contributed by atoms with E-state index < -0.39 is 0 Å². The Labute approximate surface area is 67.8 Å². The van der Waals surface area contributed by atoms with Crippen LogP contribution in [0.4, 0.5) is 0 Å². The summed E-state index contributed by atoms with van der Waals surface area (Å²) in [7, 11) is 0. The van der Waals surface area contributed by atoms with Crippen molar-refractivity contribution in [3.05, 3.63) is 17.1 Å². The molecular weight excluding hydrogens is 160 g/mol. The van der Waals surface area contributed by atoms with Gasteiger partial charge in [0.15, 0.2) is 5.58 Å². The summed E-state index contributed by atoms with van der Waals surface area (Å²) in [4.78, 5) is 0. The molecule has 3 nitrogen and oxygen atoms in total. The van der Waals surface area contributed by atoms with Gasteiger partial charge < -0.3 is 10.3 Å². The summed E-state index contributed by atoms with van der Waals surface area (Å²) >= 11 is 1.61. The Morgan fingerprint density at radius 3 is 3.27 bits per heavy atom. The topological polar surface area (TPSA) is 52.0 Å². The lowest BCUT2D eigenvalue weighted by molar-refractivity contribution is 0.440. The minimum Gasteiger partial charge on any atom is -0.355 e. The van der Waals surface area contributed by atoms with Gasteiger partial charge in [0.25, 0.3) is 0 Å². The Kier molecular flexibility index (Phi) is 1.44. The van der Waals surface area contributed by atoms with E-state index in [0.717, 1.165) is 16.0 Å². The minimum absolute atomic E-state index is 0.0464. The maximum Gasteiger partial charge on any atom is 0.177 e. The second-order valence-corrected chi connectivity index (χ2v) is 3.39. The van der Waals surface area contributed by atoms with Gasteiger partial charge >= 0.3 is 0 Å². The van der Waals surface area contributed by atoms with Crippen LogP contribution in [0.15, 0.2) is 16.0 Å². The van der Waals surface area contributed by atoms with E-state index in [1.807, 2.05) is 18.4 Å². The molecule has 2 N–H and O–H groups in total. The van der Waals surface area contributed by atoms with Crippen LogP contribution in [0.3, 0.4) is 0 Å². The number of nitrogens with two attached hydrogens (primary N) is 1. The summed E-state index contributed by atoms with van der Waals surface area (Å²) in [5.74, 6) is 0. The molecule has 2 aromatic rings. The minimum atomic E-state index is -0.0464. The van der Waals surface area contributed by atoms with Crippen LogP contribution in [0.2, 0.25) is 0 Å². The highest BCUT2D eigenvalue weighted by molar-refractivity contribution is 7.17. The first-order valence-corrected chi connectivity index (χ1v) is 4.25. The Morgan fingerprint density at radius 1 is 1.73 bits per heavy atom. The fourth-order valence-electron chi connectivity index (χ4n) is 0.986. The standard InChI is InChI=1S/C7H8N2OS/c1-4(8)6-7-5(10-9-6)2-3-11-7/h2-4H,8H2,1H3/t4-/m0/s1. The van der Waals surface area contributed by atoms with Gasteiger partial charge in [0.1, 0.15) is 5.69 Å². The largest absolute Gasteiger partial charge is 0.355 e. The average molecular weight is 168 g/mol. The lowest BCUT2D eigenvalue weighted by Crippen LogP contribution is -2.04. The number of hydrogen-bond donors (Lipinski definition) is 1. The maximum atomic E-state index is 5.67. The Morgan fingerprint density at radius 2 is 2.55 bits per heavy atom. The second-order valence-electron chi connectivity index (χ2n) is 2.47. The molecule has 2 aromatic heterocycles. The van der Waals surface area contributed by atoms with E-state index in [1.54, 1.807) is 11.3 Å². The molecule has 0 aromatic carbocycles. The zero-order valence-corrected chi connectivity index (χ0v) is 6.89. The predicted octanol–water partition coefficient (Wildman–Crippen LogP) is 1.91. The highest BCUT2D eigenvalue weighted by Crippen LogP contribution is 2.27. The smallest absolute Gasteiger partial charge is 0.177 e. The van der Waals surface area contributed by atoms with Crippen LogP contribution >= 0.6 is 11.3 Å². The Balaban J connectivity index is 2.68. The molecule has 0 radical (unpaired) electrons. The molecule has 0 saturated heterocycles. The number of aromatic nitrogens is 1. The molecule has 0 fully saturated rings. The van der Waals surface area contributed by atoms with Gasteiger partial charge in [-0.15, -0.1) is 11.3 Å². The molecule has 0 aliphatic rings. The fraction of sp³-hybridized carbons (Fsp3) is 0.286. The van der Waals surface area contributed by atoms with Crippen LogP contribution < -0.4 is 5.73 Å². The molecule has 11 heavy (non-hydrogen) atoms. The normalized spacial score (nSPS) is 14.0. The first kappa shape index (κ1) is 6.82. The number of rotatable bonds is 1. The van der Waals surface area contributed by atoms with Crippen molar-refractivity contribution in [1.29, 1.82) is 0 Å². The van der Waals surface area contributed by atoms with Crippen molar-refractivity contribution in [2.45, 2.75) is 13.0 Å². The molecule has 2 rings (SSSR count). The number of thiophene rings is 1. The van der Waals surface area contributed by atoms with Gasteiger partial charge in [-0.2, -0.15) is 0 Å². The van der Waals surface area contributed by atoms with Crippen LogP contribution in [-0.2, 0) is 0 Å². The molecule has 4 heteroatoms. The van der Waals surface area contributed by atoms with E-state index in [1.165, 1.54) is 0 Å². The summed E-state index contributed by atoms with van der Waals surface area (Å²) < 4.78 is 6.10. The predicted molar refractivity (Wildman–Crippen MR) is 44.5 cm³/mol. The maximum absolute atomic E-state index is 5.67. The van der Waals surface area contributed by atoms with Crippen molar-refractivity contribution in [1.82, 2.24) is 5.16 Å². The van der Waals surface area contributed by atoms with Crippen molar-refractivity contribution in [2.75, 3.05) is 0 Å². The molecule has 0 aliphatic carbocycles. The first-order valence-electron chi connectivity index (χ1n) is 3.37. The van der Waals surface area contributed by atoms with Gasteiger partial charge in [-0.3, -0.25) is 0 Å². The van der Waals surface area contributed by atoms with Gasteiger partial charge in [-0.1, -0.05) is 5.16 Å². The quantitative estimate of drug-likeness (QED) is 0.707. The molecule has 2 heterocycles. The van der Waals surface area contributed by atoms with Gasteiger partial charge in [-0.25, -0.2) is 0 Å². The second kappa shape index (κ2) is 2.32. The highest BCUT2D eigenvalue weighted by atomic mass is 32.1. The van der Waals surface area contributed by atoms with E-state index in [2.05, 4.69) is 5.16 Å². The van der Waals surface area contributed by atoms with E-state index in [4.69, 9.17) is 10.3 Å². The van der Waals surface area contributed by atoms with Crippen molar-refractivity contribution in [3.8, 4) is 0 Å². The summed E-state index contributed by atoms with van der Waals surface area (Å²) in [6.45, 7) is 1.90. The van der Waals surface area contributed by atoms with Crippen LogP contribution in [0.25, 0.3) is 10.3 Å². The SMILES string of the molecule is C[C@H](N)c1noc2ccsc12. The molecule has 58 valence electrons. The molecule has 0 saturated carbocycles. The lowest BCUT2D eigenvalue weighted by Gasteiger charge is -1.95. The van der Waals surface area contributed by atoms with Crippen molar-refractivity contribution in [3.63, 3.8) is 0 Å². The monoisotopic (exact) mass is 168 g/mol. The summed E-state index contributed by atoms with van der Waals surface area (Å²) in [5.41, 5.74) is 7.36. The van der Waals surface area contributed by atoms with E-state index in [-0.39, 0.29) is 6.04 Å². The lowest BCUT2D eigenvalue weighted by atomic mass is 10.2. The highest BCUT2D eigenvalue weighted by Gasteiger charge is 2.11. The third-order valence-electron chi connectivity index (χ3n) is 1.54. The average Bonchev–Trinajstić information content (AvgIpc) is 2.41. The third-order valence-corrected chi connectivity index (χ3v) is 2.45. The molecule has 0 unspecified atom stereocenters. The van der Waals surface area contributed by atoms with Gasteiger partial charge in [0.05, 0.1) is 4.70 Å². The van der Waals surface area contributed by atoms with E-state index in [9.17, 15) is 0 Å². The molecule has 0 bridgehead atoms. The zero-order chi connectivity index (χ0) is 7.84. The summed E-state index contributed by atoms with van der Waals surface area (Å²) in [6, 6.07) is 1.86. The van der Waals surface area contributed by atoms with Gasteiger partial charge in [0.2, 0.25) is 0 Å². The molecule has 0 amide bonds. The number of nitrogens with zero attached hydrogens (tertiary/aromatic N) is 1. The fourth-order valence-corrected chi connectivity index (χ4v) is 1.88. The van der Waals surface area contributed by atoms with Crippen LogP contribution in [0, 0.1) is 0 Å². The third kappa shape index (κ3) is 0.948. The molecule has 0 spiro atoms. The zero-order valence-electron chi connectivity index (χ0n) is 6.07. The van der Waals surface area contributed by atoms with Crippen molar-refractivity contribution in [2.24, 2.45) is 5.73 Å². The summed E-state index contributed by atoms with van der Waals surface area (Å²) in [6.07, 6.45) is 0. The Hall–Kier alpha value is -0.870.